The lowest BCUT2D eigenvalue weighted by atomic mass is 9.84. The molecular weight excluding hydrogens is 356 g/mol. The van der Waals surface area contributed by atoms with E-state index >= 15 is 0 Å². The third kappa shape index (κ3) is 4.92. The van der Waals surface area contributed by atoms with Gasteiger partial charge in [0.2, 0.25) is 5.91 Å². The Balaban J connectivity index is 0.00000243. The third-order valence-electron chi connectivity index (χ3n) is 4.75. The van der Waals surface area contributed by atoms with Crippen molar-refractivity contribution in [1.82, 2.24) is 25.5 Å². The largest absolute Gasteiger partial charge is 0.494 e. The molecule has 1 aromatic heterocycles. The summed E-state index contributed by atoms with van der Waals surface area (Å²) in [5, 5.41) is 17.5. The van der Waals surface area contributed by atoms with Crippen molar-refractivity contribution in [2.24, 2.45) is 11.8 Å². The molecule has 8 nitrogen and oxygen atoms in total. The number of nitrogens with one attached hydrogen (secondary N) is 2. The van der Waals surface area contributed by atoms with Crippen molar-refractivity contribution in [2.75, 3.05) is 25.5 Å². The first-order valence-corrected chi connectivity index (χ1v) is 8.59. The van der Waals surface area contributed by atoms with Gasteiger partial charge in [0.25, 0.3) is 0 Å². The number of carbonyl (C=O) groups is 1. The summed E-state index contributed by atoms with van der Waals surface area (Å²) < 4.78 is 6.84. The van der Waals surface area contributed by atoms with Gasteiger partial charge in [0.1, 0.15) is 17.8 Å². The predicted octanol–water partition coefficient (Wildman–Crippen LogP) is 2.06. The molecule has 0 aliphatic carbocycles. The Morgan fingerprint density at radius 2 is 2.19 bits per heavy atom. The Morgan fingerprint density at radius 3 is 2.85 bits per heavy atom. The van der Waals surface area contributed by atoms with E-state index in [1.54, 1.807) is 13.2 Å². The van der Waals surface area contributed by atoms with Gasteiger partial charge < -0.3 is 15.4 Å². The SMILES string of the molecule is COc1ccc(NC(=O)CC(C)C2CCNCC2)cc1-n1cnnn1.Cl. The molecule has 1 atom stereocenters. The Hall–Kier alpha value is -2.19. The molecule has 2 aromatic rings. The zero-order chi connectivity index (χ0) is 17.6. The number of aromatic nitrogens is 4. The number of hydrogen-bond donors (Lipinski definition) is 2. The second-order valence-electron chi connectivity index (χ2n) is 6.46. The number of carbonyl (C=O) groups excluding carboxylic acids is 1. The summed E-state index contributed by atoms with van der Waals surface area (Å²) in [7, 11) is 1.59. The third-order valence-corrected chi connectivity index (χ3v) is 4.75. The molecule has 3 rings (SSSR count). The van der Waals surface area contributed by atoms with Crippen LogP contribution >= 0.6 is 12.4 Å². The van der Waals surface area contributed by atoms with Crippen molar-refractivity contribution >= 4 is 24.0 Å². The highest BCUT2D eigenvalue weighted by atomic mass is 35.5. The standard InChI is InChI=1S/C17H24N6O2.ClH/c1-12(13-5-7-18-8-6-13)9-17(24)20-14-3-4-16(25-2)15(10-14)23-11-19-21-22-23;/h3-4,10-13,18H,5-9H2,1-2H3,(H,20,24);1H. The van der Waals surface area contributed by atoms with Crippen LogP contribution in [0.5, 0.6) is 5.75 Å². The Bertz CT molecular complexity index is 703. The van der Waals surface area contributed by atoms with Crippen LogP contribution in [0.3, 0.4) is 0 Å². The summed E-state index contributed by atoms with van der Waals surface area (Å²) in [5.41, 5.74) is 1.38. The molecule has 1 amide bonds. The van der Waals surface area contributed by atoms with Crippen LogP contribution in [0.2, 0.25) is 0 Å². The number of rotatable bonds is 6. The van der Waals surface area contributed by atoms with E-state index < -0.39 is 0 Å². The average molecular weight is 381 g/mol. The Kier molecular flexibility index (Phi) is 7.35. The molecule has 2 N–H and O–H groups in total. The van der Waals surface area contributed by atoms with Crippen molar-refractivity contribution in [1.29, 1.82) is 0 Å². The van der Waals surface area contributed by atoms with E-state index in [9.17, 15) is 4.79 Å². The summed E-state index contributed by atoms with van der Waals surface area (Å²) in [4.78, 5) is 12.4. The van der Waals surface area contributed by atoms with E-state index in [2.05, 4.69) is 33.1 Å². The minimum atomic E-state index is 0. The molecule has 142 valence electrons. The summed E-state index contributed by atoms with van der Waals surface area (Å²) in [6.45, 7) is 4.25. The Labute approximate surface area is 159 Å². The van der Waals surface area contributed by atoms with Crippen LogP contribution in [0.25, 0.3) is 5.69 Å². The van der Waals surface area contributed by atoms with Gasteiger partial charge in [0.15, 0.2) is 0 Å². The van der Waals surface area contributed by atoms with Crippen molar-refractivity contribution in [3.05, 3.63) is 24.5 Å². The molecule has 1 fully saturated rings. The first-order chi connectivity index (χ1) is 12.2. The van der Waals surface area contributed by atoms with Crippen LogP contribution in [0, 0.1) is 11.8 Å². The van der Waals surface area contributed by atoms with E-state index in [1.165, 1.54) is 11.0 Å². The van der Waals surface area contributed by atoms with Gasteiger partial charge in [-0.15, -0.1) is 17.5 Å². The number of ether oxygens (including phenoxy) is 1. The predicted molar refractivity (Wildman–Crippen MR) is 101 cm³/mol. The molecule has 1 saturated heterocycles. The van der Waals surface area contributed by atoms with E-state index in [4.69, 9.17) is 4.74 Å². The normalized spacial score (nSPS) is 15.8. The number of amides is 1. The number of hydrogen-bond acceptors (Lipinski definition) is 6. The molecule has 1 aliphatic rings. The molecule has 0 spiro atoms. The number of anilines is 1. The molecular formula is C17H25ClN6O2. The van der Waals surface area contributed by atoms with Crippen molar-refractivity contribution < 1.29 is 9.53 Å². The summed E-state index contributed by atoms with van der Waals surface area (Å²) in [5.74, 6) is 1.64. The van der Waals surface area contributed by atoms with Crippen molar-refractivity contribution in [3.63, 3.8) is 0 Å². The zero-order valence-corrected chi connectivity index (χ0v) is 15.8. The summed E-state index contributed by atoms with van der Waals surface area (Å²) in [6.07, 6.45) is 4.29. The van der Waals surface area contributed by atoms with Gasteiger partial charge in [-0.3, -0.25) is 4.79 Å². The van der Waals surface area contributed by atoms with Crippen LogP contribution in [-0.4, -0.2) is 46.3 Å². The monoisotopic (exact) mass is 380 g/mol. The fourth-order valence-electron chi connectivity index (χ4n) is 3.30. The molecule has 1 aliphatic heterocycles. The number of nitrogens with zero attached hydrogens (tertiary/aromatic N) is 4. The molecule has 0 bridgehead atoms. The Morgan fingerprint density at radius 1 is 1.42 bits per heavy atom. The van der Waals surface area contributed by atoms with Crippen LogP contribution < -0.4 is 15.4 Å². The molecule has 1 aromatic carbocycles. The summed E-state index contributed by atoms with van der Waals surface area (Å²) in [6, 6.07) is 5.42. The minimum Gasteiger partial charge on any atom is -0.494 e. The topological polar surface area (TPSA) is 94.0 Å². The van der Waals surface area contributed by atoms with Crippen molar-refractivity contribution in [3.8, 4) is 11.4 Å². The maximum atomic E-state index is 12.4. The maximum Gasteiger partial charge on any atom is 0.224 e. The lowest BCUT2D eigenvalue weighted by Crippen LogP contribution is -2.32. The molecule has 9 heteroatoms. The van der Waals surface area contributed by atoms with Gasteiger partial charge in [-0.1, -0.05) is 6.92 Å². The second-order valence-corrected chi connectivity index (χ2v) is 6.46. The molecule has 0 saturated carbocycles. The molecule has 1 unspecified atom stereocenters. The summed E-state index contributed by atoms with van der Waals surface area (Å²) >= 11 is 0. The van der Waals surface area contributed by atoms with E-state index in [0.29, 0.717) is 35.4 Å². The number of tetrazole rings is 1. The van der Waals surface area contributed by atoms with Gasteiger partial charge in [-0.05, 0) is 66.4 Å². The highest BCUT2D eigenvalue weighted by molar-refractivity contribution is 5.91. The lowest BCUT2D eigenvalue weighted by molar-refractivity contribution is -0.117. The zero-order valence-electron chi connectivity index (χ0n) is 15.0. The van der Waals surface area contributed by atoms with Crippen LogP contribution in [0.15, 0.2) is 24.5 Å². The van der Waals surface area contributed by atoms with Crippen molar-refractivity contribution in [2.45, 2.75) is 26.2 Å². The minimum absolute atomic E-state index is 0. The quantitative estimate of drug-likeness (QED) is 0.796. The number of halogens is 1. The van der Waals surface area contributed by atoms with Gasteiger partial charge in [0, 0.05) is 12.1 Å². The van der Waals surface area contributed by atoms with Gasteiger partial charge in [-0.2, -0.15) is 4.68 Å². The average Bonchev–Trinajstić information content (AvgIpc) is 3.17. The second kappa shape index (κ2) is 9.49. The molecule has 26 heavy (non-hydrogen) atoms. The smallest absolute Gasteiger partial charge is 0.224 e. The van der Waals surface area contributed by atoms with Gasteiger partial charge in [0.05, 0.1) is 7.11 Å². The van der Waals surface area contributed by atoms with E-state index in [1.807, 2.05) is 12.1 Å². The fourth-order valence-corrected chi connectivity index (χ4v) is 3.30. The maximum absolute atomic E-state index is 12.4. The van der Waals surface area contributed by atoms with Crippen LogP contribution in [0.4, 0.5) is 5.69 Å². The van der Waals surface area contributed by atoms with Crippen LogP contribution in [0.1, 0.15) is 26.2 Å². The first-order valence-electron chi connectivity index (χ1n) is 8.59. The highest BCUT2D eigenvalue weighted by Crippen LogP contribution is 2.27. The van der Waals surface area contributed by atoms with Gasteiger partial charge in [-0.25, -0.2) is 0 Å². The molecule has 0 radical (unpaired) electrons. The lowest BCUT2D eigenvalue weighted by Gasteiger charge is -2.27. The molecule has 2 heterocycles. The van der Waals surface area contributed by atoms with E-state index in [0.717, 1.165) is 25.9 Å². The van der Waals surface area contributed by atoms with Crippen LogP contribution in [-0.2, 0) is 4.79 Å². The highest BCUT2D eigenvalue weighted by Gasteiger charge is 2.22. The van der Waals surface area contributed by atoms with Gasteiger partial charge >= 0.3 is 0 Å². The number of methoxy groups -OCH3 is 1. The fraction of sp³-hybridized carbons (Fsp3) is 0.529. The van der Waals surface area contributed by atoms with E-state index in [-0.39, 0.29) is 18.3 Å². The first kappa shape index (κ1) is 20.1. The number of piperidine rings is 1. The number of benzene rings is 1.